The van der Waals surface area contributed by atoms with E-state index in [1.165, 1.54) is 0 Å². The number of carbonyl (C=O) groups is 1. The van der Waals surface area contributed by atoms with Gasteiger partial charge in [0.15, 0.2) is 0 Å². The predicted octanol–water partition coefficient (Wildman–Crippen LogP) is 2.55. The lowest BCUT2D eigenvalue weighted by Crippen LogP contribution is -2.37. The molecule has 1 heterocycles. The van der Waals surface area contributed by atoms with Gasteiger partial charge in [0.05, 0.1) is 19.4 Å². The highest BCUT2D eigenvalue weighted by molar-refractivity contribution is 7.53. The largest absolute Gasteiger partial charge is 0.331 e. The Balaban J connectivity index is 2.36. The third-order valence-corrected chi connectivity index (χ3v) is 5.56. The lowest BCUT2D eigenvalue weighted by Gasteiger charge is -2.31. The molecule has 0 saturated carbocycles. The van der Waals surface area contributed by atoms with E-state index in [0.29, 0.717) is 25.9 Å². The van der Waals surface area contributed by atoms with Gasteiger partial charge in [-0.15, -0.1) is 0 Å². The van der Waals surface area contributed by atoms with Crippen molar-refractivity contribution in [1.82, 2.24) is 4.90 Å². The summed E-state index contributed by atoms with van der Waals surface area (Å²) in [6.07, 6.45) is 2.24. The van der Waals surface area contributed by atoms with Crippen molar-refractivity contribution in [3.63, 3.8) is 0 Å². The second-order valence-electron chi connectivity index (χ2n) is 4.90. The lowest BCUT2D eigenvalue weighted by molar-refractivity contribution is -0.122. The van der Waals surface area contributed by atoms with E-state index in [0.717, 1.165) is 25.9 Å². The molecule has 1 fully saturated rings. The molecule has 1 saturated heterocycles. The van der Waals surface area contributed by atoms with Crippen LogP contribution in [-0.2, 0) is 18.4 Å². The summed E-state index contributed by atoms with van der Waals surface area (Å²) >= 11 is 0. The molecule has 0 radical (unpaired) electrons. The van der Waals surface area contributed by atoms with Gasteiger partial charge in [-0.2, -0.15) is 0 Å². The smallest absolute Gasteiger partial charge is 0.309 e. The Morgan fingerprint density at radius 2 is 1.74 bits per heavy atom. The highest BCUT2D eigenvalue weighted by atomic mass is 31.2. The van der Waals surface area contributed by atoms with Crippen LogP contribution < -0.4 is 0 Å². The molecule has 5 nitrogen and oxygen atoms in total. The first-order valence-corrected chi connectivity index (χ1v) is 8.84. The van der Waals surface area contributed by atoms with Gasteiger partial charge in [0.2, 0.25) is 0 Å². The van der Waals surface area contributed by atoms with Crippen LogP contribution in [0.4, 0.5) is 0 Å². The number of piperidine rings is 1. The maximum absolute atomic E-state index is 12.3. The molecule has 1 aliphatic rings. The van der Waals surface area contributed by atoms with Crippen LogP contribution in [0.25, 0.3) is 0 Å². The fraction of sp³-hybridized carbons (Fsp3) is 0.923. The first-order valence-electron chi connectivity index (χ1n) is 7.11. The minimum Gasteiger partial charge on any atom is -0.309 e. The second kappa shape index (κ2) is 8.15. The molecule has 0 bridgehead atoms. The summed E-state index contributed by atoms with van der Waals surface area (Å²) in [5.41, 5.74) is 0. The zero-order valence-corrected chi connectivity index (χ0v) is 13.2. The molecule has 1 rings (SSSR count). The SMILES string of the molecule is CCOP(=O)(CCN1CCC(C(C)=O)CC1)OCC. The van der Waals surface area contributed by atoms with Gasteiger partial charge in [0.1, 0.15) is 5.78 Å². The van der Waals surface area contributed by atoms with Crippen molar-refractivity contribution in [2.24, 2.45) is 5.92 Å². The van der Waals surface area contributed by atoms with Gasteiger partial charge >= 0.3 is 7.60 Å². The summed E-state index contributed by atoms with van der Waals surface area (Å²) in [6, 6.07) is 0. The topological polar surface area (TPSA) is 55.8 Å². The Kier molecular flexibility index (Phi) is 7.22. The van der Waals surface area contributed by atoms with Crippen LogP contribution in [0.2, 0.25) is 0 Å². The van der Waals surface area contributed by atoms with Gasteiger partial charge in [-0.25, -0.2) is 0 Å². The van der Waals surface area contributed by atoms with Crippen molar-refractivity contribution in [3.8, 4) is 0 Å². The van der Waals surface area contributed by atoms with Crippen molar-refractivity contribution >= 4 is 13.4 Å². The summed E-state index contributed by atoms with van der Waals surface area (Å²) in [5.74, 6) is 0.496. The van der Waals surface area contributed by atoms with E-state index in [1.54, 1.807) is 6.92 Å². The average Bonchev–Trinajstić information content (AvgIpc) is 2.37. The fourth-order valence-electron chi connectivity index (χ4n) is 2.39. The third kappa shape index (κ3) is 5.74. The van der Waals surface area contributed by atoms with Crippen molar-refractivity contribution in [3.05, 3.63) is 0 Å². The van der Waals surface area contributed by atoms with E-state index >= 15 is 0 Å². The van der Waals surface area contributed by atoms with E-state index < -0.39 is 7.60 Å². The van der Waals surface area contributed by atoms with E-state index in [2.05, 4.69) is 4.90 Å². The lowest BCUT2D eigenvalue weighted by atomic mass is 9.93. The number of nitrogens with zero attached hydrogens (tertiary/aromatic N) is 1. The number of hydrogen-bond acceptors (Lipinski definition) is 5. The molecule has 0 aliphatic carbocycles. The summed E-state index contributed by atoms with van der Waals surface area (Å²) in [6.45, 7) is 8.62. The monoisotopic (exact) mass is 291 g/mol. The molecule has 0 N–H and O–H groups in total. The average molecular weight is 291 g/mol. The predicted molar refractivity (Wildman–Crippen MR) is 75.6 cm³/mol. The van der Waals surface area contributed by atoms with Crippen molar-refractivity contribution < 1.29 is 18.4 Å². The summed E-state index contributed by atoms with van der Waals surface area (Å²) in [7, 11) is -2.93. The maximum Gasteiger partial charge on any atom is 0.331 e. The molecule has 0 atom stereocenters. The van der Waals surface area contributed by atoms with Gasteiger partial charge in [-0.05, 0) is 46.7 Å². The van der Waals surface area contributed by atoms with Gasteiger partial charge in [0.25, 0.3) is 0 Å². The molecule has 0 aromatic heterocycles. The van der Waals surface area contributed by atoms with E-state index in [-0.39, 0.29) is 11.7 Å². The molecule has 112 valence electrons. The third-order valence-electron chi connectivity index (χ3n) is 3.50. The number of carbonyl (C=O) groups excluding carboxylic acids is 1. The van der Waals surface area contributed by atoms with Gasteiger partial charge in [-0.1, -0.05) is 0 Å². The zero-order valence-electron chi connectivity index (χ0n) is 12.3. The van der Waals surface area contributed by atoms with Crippen molar-refractivity contribution in [2.75, 3.05) is 39.0 Å². The van der Waals surface area contributed by atoms with Gasteiger partial charge in [0, 0.05) is 12.5 Å². The molecule has 0 spiro atoms. The van der Waals surface area contributed by atoms with Crippen molar-refractivity contribution in [2.45, 2.75) is 33.6 Å². The van der Waals surface area contributed by atoms with E-state index in [1.807, 2.05) is 13.8 Å². The summed E-state index contributed by atoms with van der Waals surface area (Å²) in [4.78, 5) is 13.5. The van der Waals surface area contributed by atoms with Crippen LogP contribution in [-0.4, -0.2) is 49.7 Å². The molecule has 0 amide bonds. The number of likely N-dealkylation sites (tertiary alicyclic amines) is 1. The van der Waals surface area contributed by atoms with Crippen LogP contribution >= 0.6 is 7.60 Å². The van der Waals surface area contributed by atoms with Crippen LogP contribution in [0, 0.1) is 5.92 Å². The molecule has 0 unspecified atom stereocenters. The quantitative estimate of drug-likeness (QED) is 0.643. The van der Waals surface area contributed by atoms with Gasteiger partial charge < -0.3 is 13.9 Å². The molecule has 6 heteroatoms. The van der Waals surface area contributed by atoms with Crippen LogP contribution in [0.1, 0.15) is 33.6 Å². The van der Waals surface area contributed by atoms with E-state index in [9.17, 15) is 9.36 Å². The number of Topliss-reactive ketones (excluding diaryl/α,β-unsaturated/α-hetero) is 1. The normalized spacial score (nSPS) is 18.7. The molecule has 0 aromatic rings. The maximum atomic E-state index is 12.3. The highest BCUT2D eigenvalue weighted by Crippen LogP contribution is 2.47. The fourth-order valence-corrected chi connectivity index (χ4v) is 4.03. The molecular weight excluding hydrogens is 265 g/mol. The summed E-state index contributed by atoms with van der Waals surface area (Å²) < 4.78 is 22.8. The number of ketones is 1. The van der Waals surface area contributed by atoms with Gasteiger partial charge in [-0.3, -0.25) is 9.36 Å². The first-order chi connectivity index (χ1) is 9.00. The minimum atomic E-state index is -2.93. The molecule has 1 aliphatic heterocycles. The molecule has 19 heavy (non-hydrogen) atoms. The Morgan fingerprint density at radius 1 is 1.21 bits per heavy atom. The van der Waals surface area contributed by atoms with E-state index in [4.69, 9.17) is 9.05 Å². The standard InChI is InChI=1S/C13H26NO4P/c1-4-17-19(16,18-5-2)11-10-14-8-6-13(7-9-14)12(3)15/h13H,4-11H2,1-3H3. The van der Waals surface area contributed by atoms with Crippen molar-refractivity contribution in [1.29, 1.82) is 0 Å². The Morgan fingerprint density at radius 3 is 2.16 bits per heavy atom. The molecular formula is C13H26NO4P. The first kappa shape index (κ1) is 16.8. The Labute approximate surface area is 116 Å². The zero-order chi connectivity index (χ0) is 14.3. The van der Waals surface area contributed by atoms with Crippen LogP contribution in [0.5, 0.6) is 0 Å². The Hall–Kier alpha value is -0.220. The van der Waals surface area contributed by atoms with Crippen LogP contribution in [0.15, 0.2) is 0 Å². The van der Waals surface area contributed by atoms with Crippen LogP contribution in [0.3, 0.4) is 0 Å². The highest BCUT2D eigenvalue weighted by Gasteiger charge is 2.27. The number of hydrogen-bond donors (Lipinski definition) is 0. The second-order valence-corrected chi connectivity index (χ2v) is 7.08. The Bertz CT molecular complexity index is 317. The summed E-state index contributed by atoms with van der Waals surface area (Å²) in [5, 5.41) is 0. The number of rotatable bonds is 8. The molecule has 0 aromatic carbocycles. The minimum absolute atomic E-state index is 0.210.